The Balaban J connectivity index is 1.46. The normalized spacial score (nSPS) is 10.7. The minimum atomic E-state index is -0.367. The lowest BCUT2D eigenvalue weighted by atomic mass is 10.0. The lowest BCUT2D eigenvalue weighted by molar-refractivity contribution is 0.0734. The second kappa shape index (κ2) is 13.5. The summed E-state index contributed by atoms with van der Waals surface area (Å²) in [6.07, 6.45) is 9.67. The fourth-order valence-corrected chi connectivity index (χ4v) is 3.79. The zero-order chi connectivity index (χ0) is 23.3. The van der Waals surface area contributed by atoms with E-state index >= 15 is 0 Å². The van der Waals surface area contributed by atoms with E-state index < -0.39 is 0 Å². The largest absolute Gasteiger partial charge is 0.494 e. The van der Waals surface area contributed by atoms with E-state index in [9.17, 15) is 4.79 Å². The number of benzene rings is 3. The van der Waals surface area contributed by atoms with Crippen molar-refractivity contribution in [2.24, 2.45) is 0 Å². The van der Waals surface area contributed by atoms with Crippen LogP contribution in [0.2, 0.25) is 0 Å². The Hall–Kier alpha value is -3.07. The van der Waals surface area contributed by atoms with Gasteiger partial charge in [0, 0.05) is 0 Å². The van der Waals surface area contributed by atoms with Crippen molar-refractivity contribution in [3.63, 3.8) is 0 Å². The molecule has 0 aliphatic carbocycles. The first-order chi connectivity index (χ1) is 16.2. The lowest BCUT2D eigenvalue weighted by Gasteiger charge is -2.08. The van der Waals surface area contributed by atoms with E-state index in [1.165, 1.54) is 37.7 Å². The summed E-state index contributed by atoms with van der Waals surface area (Å²) in [6.45, 7) is 5.13. The van der Waals surface area contributed by atoms with E-state index in [-0.39, 0.29) is 5.97 Å². The molecule has 3 heteroatoms. The summed E-state index contributed by atoms with van der Waals surface area (Å²) in [5, 5.41) is 0. The van der Waals surface area contributed by atoms with Crippen LogP contribution >= 0.6 is 0 Å². The molecule has 0 amide bonds. The standard InChI is InChI=1S/C30H36O3/c1-3-5-6-7-8-9-23-32-28-19-17-27(18-20-28)30(31)33-29-21-15-26(16-22-29)25-13-11-24(10-4-2)12-14-25/h11-22H,3-10,23H2,1-2H3. The average molecular weight is 445 g/mol. The number of carbonyl (C=O) groups is 1. The van der Waals surface area contributed by atoms with E-state index in [1.54, 1.807) is 12.1 Å². The first kappa shape index (κ1) is 24.6. The fourth-order valence-electron chi connectivity index (χ4n) is 3.79. The number of esters is 1. The second-order valence-corrected chi connectivity index (χ2v) is 8.50. The topological polar surface area (TPSA) is 35.5 Å². The summed E-state index contributed by atoms with van der Waals surface area (Å²) >= 11 is 0. The lowest BCUT2D eigenvalue weighted by Crippen LogP contribution is -2.08. The zero-order valence-corrected chi connectivity index (χ0v) is 20.0. The maximum absolute atomic E-state index is 12.5. The van der Waals surface area contributed by atoms with Gasteiger partial charge in [0.1, 0.15) is 11.5 Å². The van der Waals surface area contributed by atoms with Crippen molar-refractivity contribution in [1.82, 2.24) is 0 Å². The van der Waals surface area contributed by atoms with Gasteiger partial charge in [0.05, 0.1) is 12.2 Å². The Morgan fingerprint density at radius 1 is 0.636 bits per heavy atom. The molecule has 0 saturated carbocycles. The van der Waals surface area contributed by atoms with Crippen molar-refractivity contribution in [2.75, 3.05) is 6.61 Å². The van der Waals surface area contributed by atoms with Gasteiger partial charge >= 0.3 is 5.97 Å². The SMILES string of the molecule is CCCCCCCCOc1ccc(C(=O)Oc2ccc(-c3ccc(CCC)cc3)cc2)cc1. The Bertz CT molecular complexity index is 957. The maximum Gasteiger partial charge on any atom is 0.343 e. The molecule has 0 N–H and O–H groups in total. The van der Waals surface area contributed by atoms with Crippen LogP contribution in [0, 0.1) is 0 Å². The summed E-state index contributed by atoms with van der Waals surface area (Å²) in [7, 11) is 0. The highest BCUT2D eigenvalue weighted by molar-refractivity contribution is 5.91. The van der Waals surface area contributed by atoms with Gasteiger partial charge in [-0.3, -0.25) is 0 Å². The van der Waals surface area contributed by atoms with Crippen molar-refractivity contribution >= 4 is 5.97 Å². The zero-order valence-electron chi connectivity index (χ0n) is 20.0. The molecule has 0 unspecified atom stereocenters. The molecule has 0 aliphatic rings. The van der Waals surface area contributed by atoms with E-state index in [4.69, 9.17) is 9.47 Å². The molecule has 0 bridgehead atoms. The second-order valence-electron chi connectivity index (χ2n) is 8.50. The summed E-state index contributed by atoms with van der Waals surface area (Å²) in [5.74, 6) is 0.957. The molecule has 0 heterocycles. The molecule has 3 aromatic rings. The van der Waals surface area contributed by atoms with Crippen LogP contribution in [0.1, 0.15) is 74.7 Å². The molecule has 174 valence electrons. The molecule has 0 spiro atoms. The number of hydrogen-bond donors (Lipinski definition) is 0. The smallest absolute Gasteiger partial charge is 0.343 e. The van der Waals surface area contributed by atoms with Crippen molar-refractivity contribution in [2.45, 2.75) is 65.2 Å². The van der Waals surface area contributed by atoms with Gasteiger partial charge in [-0.05, 0) is 65.9 Å². The van der Waals surface area contributed by atoms with Gasteiger partial charge in [-0.1, -0.05) is 88.8 Å². The molecule has 3 aromatic carbocycles. The average Bonchev–Trinajstić information content (AvgIpc) is 2.85. The molecular formula is C30H36O3. The van der Waals surface area contributed by atoms with Crippen LogP contribution in [0.4, 0.5) is 0 Å². The van der Waals surface area contributed by atoms with E-state index in [0.29, 0.717) is 17.9 Å². The van der Waals surface area contributed by atoms with Gasteiger partial charge in [0.2, 0.25) is 0 Å². The molecule has 0 fully saturated rings. The molecule has 0 radical (unpaired) electrons. The molecule has 0 saturated heterocycles. The quantitative estimate of drug-likeness (QED) is 0.151. The van der Waals surface area contributed by atoms with Crippen LogP contribution in [0.15, 0.2) is 72.8 Å². The molecule has 33 heavy (non-hydrogen) atoms. The molecule has 3 rings (SSSR count). The van der Waals surface area contributed by atoms with Gasteiger partial charge in [-0.2, -0.15) is 0 Å². The minimum Gasteiger partial charge on any atom is -0.494 e. The number of rotatable bonds is 13. The summed E-state index contributed by atoms with van der Waals surface area (Å²) in [6, 6.07) is 23.4. The number of aryl methyl sites for hydroxylation is 1. The molecule has 0 aliphatic heterocycles. The summed E-state index contributed by atoms with van der Waals surface area (Å²) in [5.41, 5.74) is 4.12. The number of unbranched alkanes of at least 4 members (excludes halogenated alkanes) is 5. The highest BCUT2D eigenvalue weighted by Crippen LogP contribution is 2.24. The van der Waals surface area contributed by atoms with Crippen LogP contribution < -0.4 is 9.47 Å². The third-order valence-electron chi connectivity index (χ3n) is 5.75. The van der Waals surface area contributed by atoms with Crippen LogP contribution in [0.5, 0.6) is 11.5 Å². The van der Waals surface area contributed by atoms with E-state index in [1.807, 2.05) is 36.4 Å². The van der Waals surface area contributed by atoms with Gasteiger partial charge in [0.25, 0.3) is 0 Å². The first-order valence-corrected chi connectivity index (χ1v) is 12.3. The van der Waals surface area contributed by atoms with Crippen molar-refractivity contribution in [3.8, 4) is 22.6 Å². The summed E-state index contributed by atoms with van der Waals surface area (Å²) < 4.78 is 11.3. The predicted octanol–water partition coefficient (Wildman–Crippen LogP) is 8.26. The molecule has 0 atom stereocenters. The summed E-state index contributed by atoms with van der Waals surface area (Å²) in [4.78, 5) is 12.5. The third kappa shape index (κ3) is 8.09. The number of ether oxygens (including phenoxy) is 2. The fraction of sp³-hybridized carbons (Fsp3) is 0.367. The number of carbonyl (C=O) groups excluding carboxylic acids is 1. The third-order valence-corrected chi connectivity index (χ3v) is 5.75. The predicted molar refractivity (Wildman–Crippen MR) is 136 cm³/mol. The highest BCUT2D eigenvalue weighted by atomic mass is 16.5. The maximum atomic E-state index is 12.5. The van der Waals surface area contributed by atoms with Gasteiger partial charge in [-0.15, -0.1) is 0 Å². The van der Waals surface area contributed by atoms with E-state index in [0.717, 1.165) is 36.1 Å². The molecule has 0 aromatic heterocycles. The minimum absolute atomic E-state index is 0.367. The van der Waals surface area contributed by atoms with Crippen LogP contribution in [-0.2, 0) is 6.42 Å². The van der Waals surface area contributed by atoms with Crippen molar-refractivity contribution in [1.29, 1.82) is 0 Å². The van der Waals surface area contributed by atoms with Crippen molar-refractivity contribution in [3.05, 3.63) is 83.9 Å². The van der Waals surface area contributed by atoms with Crippen LogP contribution in [0.3, 0.4) is 0 Å². The Morgan fingerprint density at radius 3 is 1.85 bits per heavy atom. The monoisotopic (exact) mass is 444 g/mol. The van der Waals surface area contributed by atoms with E-state index in [2.05, 4.69) is 38.1 Å². The molecular weight excluding hydrogens is 408 g/mol. The van der Waals surface area contributed by atoms with Crippen LogP contribution in [0.25, 0.3) is 11.1 Å². The highest BCUT2D eigenvalue weighted by Gasteiger charge is 2.09. The van der Waals surface area contributed by atoms with Gasteiger partial charge in [-0.25, -0.2) is 4.79 Å². The van der Waals surface area contributed by atoms with Crippen molar-refractivity contribution < 1.29 is 14.3 Å². The van der Waals surface area contributed by atoms with Gasteiger partial charge < -0.3 is 9.47 Å². The number of hydrogen-bond acceptors (Lipinski definition) is 3. The molecule has 3 nitrogen and oxygen atoms in total. The first-order valence-electron chi connectivity index (χ1n) is 12.3. The van der Waals surface area contributed by atoms with Gasteiger partial charge in [0.15, 0.2) is 0 Å². The Morgan fingerprint density at radius 2 is 1.21 bits per heavy atom. The van der Waals surface area contributed by atoms with Crippen LogP contribution in [-0.4, -0.2) is 12.6 Å². The Labute approximate surface area is 198 Å². The Kier molecular flexibility index (Phi) is 10.0.